The molecule has 1 N–H and O–H groups in total. The number of hydrogen-bond acceptors (Lipinski definition) is 4. The van der Waals surface area contributed by atoms with Gasteiger partial charge in [-0.15, -0.1) is 0 Å². The van der Waals surface area contributed by atoms with Gasteiger partial charge in [-0.3, -0.25) is 0 Å². The fraction of sp³-hybridized carbons (Fsp3) is 0.286. The van der Waals surface area contributed by atoms with E-state index in [-0.39, 0.29) is 6.61 Å². The highest BCUT2D eigenvalue weighted by Crippen LogP contribution is 2.39. The van der Waals surface area contributed by atoms with Crippen LogP contribution in [0.1, 0.15) is 24.6 Å². The Balaban J connectivity index is 2.44. The maximum absolute atomic E-state index is 12.3. The Morgan fingerprint density at radius 1 is 1.36 bits per heavy atom. The zero-order valence-electron chi connectivity index (χ0n) is 11.5. The average molecular weight is 497 g/mol. The van der Waals surface area contributed by atoms with Crippen molar-refractivity contribution in [2.45, 2.75) is 19.1 Å². The SMILES string of the molecule is CCOC(=O)C(C(O)c1ccc(Br)c(Br)c1Br)n1ccnc1. The number of ether oxygens (including phenoxy) is 1. The first-order valence-electron chi connectivity index (χ1n) is 6.42. The van der Waals surface area contributed by atoms with Gasteiger partial charge in [0.25, 0.3) is 0 Å². The molecule has 0 radical (unpaired) electrons. The summed E-state index contributed by atoms with van der Waals surface area (Å²) in [5.41, 5.74) is 0.571. The lowest BCUT2D eigenvalue weighted by Crippen LogP contribution is -2.27. The van der Waals surface area contributed by atoms with Gasteiger partial charge in [0.1, 0.15) is 6.10 Å². The van der Waals surface area contributed by atoms with Gasteiger partial charge >= 0.3 is 5.97 Å². The van der Waals surface area contributed by atoms with Crippen LogP contribution in [-0.2, 0) is 9.53 Å². The van der Waals surface area contributed by atoms with E-state index in [1.165, 1.54) is 10.9 Å². The van der Waals surface area contributed by atoms with Crippen LogP contribution < -0.4 is 0 Å². The van der Waals surface area contributed by atoms with Crippen LogP contribution in [0, 0.1) is 0 Å². The summed E-state index contributed by atoms with van der Waals surface area (Å²) in [6, 6.07) is 2.63. The van der Waals surface area contributed by atoms with Gasteiger partial charge in [-0.25, -0.2) is 9.78 Å². The van der Waals surface area contributed by atoms with Gasteiger partial charge in [-0.1, -0.05) is 6.07 Å². The van der Waals surface area contributed by atoms with Crippen LogP contribution in [0.2, 0.25) is 0 Å². The molecule has 0 bridgehead atoms. The number of esters is 1. The van der Waals surface area contributed by atoms with Crippen molar-refractivity contribution in [3.63, 3.8) is 0 Å². The van der Waals surface area contributed by atoms with Crippen molar-refractivity contribution >= 4 is 53.8 Å². The molecule has 0 saturated heterocycles. The van der Waals surface area contributed by atoms with Crippen LogP contribution in [0.25, 0.3) is 0 Å². The number of rotatable bonds is 5. The summed E-state index contributed by atoms with van der Waals surface area (Å²) in [4.78, 5) is 16.2. The highest BCUT2D eigenvalue weighted by Gasteiger charge is 2.32. The molecule has 0 amide bonds. The Labute approximate surface area is 153 Å². The van der Waals surface area contributed by atoms with Gasteiger partial charge in [0.05, 0.1) is 12.9 Å². The number of aliphatic hydroxyl groups excluding tert-OH is 1. The highest BCUT2D eigenvalue weighted by molar-refractivity contribution is 9.14. The second-order valence-electron chi connectivity index (χ2n) is 4.42. The van der Waals surface area contributed by atoms with E-state index in [2.05, 4.69) is 52.8 Å². The van der Waals surface area contributed by atoms with E-state index in [0.717, 1.165) is 8.95 Å². The Hall–Kier alpha value is -0.700. The van der Waals surface area contributed by atoms with Crippen LogP contribution in [0.15, 0.2) is 44.3 Å². The third-order valence-corrected chi connectivity index (χ3v) is 6.46. The minimum Gasteiger partial charge on any atom is -0.464 e. The zero-order valence-corrected chi connectivity index (χ0v) is 16.3. The summed E-state index contributed by atoms with van der Waals surface area (Å²) in [6.07, 6.45) is 3.55. The van der Waals surface area contributed by atoms with E-state index < -0.39 is 18.1 Å². The third kappa shape index (κ3) is 3.61. The van der Waals surface area contributed by atoms with Gasteiger partial charge in [-0.05, 0) is 66.3 Å². The predicted molar refractivity (Wildman–Crippen MR) is 92.4 cm³/mol. The lowest BCUT2D eigenvalue weighted by Gasteiger charge is -2.24. The van der Waals surface area contributed by atoms with E-state index in [4.69, 9.17) is 4.74 Å². The van der Waals surface area contributed by atoms with Crippen molar-refractivity contribution in [2.75, 3.05) is 6.61 Å². The molecule has 2 rings (SSSR count). The van der Waals surface area contributed by atoms with Crippen LogP contribution >= 0.6 is 47.8 Å². The van der Waals surface area contributed by atoms with E-state index in [1.54, 1.807) is 31.5 Å². The summed E-state index contributed by atoms with van der Waals surface area (Å²) >= 11 is 10.3. The monoisotopic (exact) mass is 494 g/mol. The molecule has 5 nitrogen and oxygen atoms in total. The molecule has 0 aliphatic rings. The molecule has 2 aromatic rings. The number of halogens is 3. The largest absolute Gasteiger partial charge is 0.464 e. The van der Waals surface area contributed by atoms with Crippen LogP contribution in [0.5, 0.6) is 0 Å². The van der Waals surface area contributed by atoms with Gasteiger partial charge in [0, 0.05) is 25.8 Å². The standard InChI is InChI=1S/C14H13Br3N2O3/c1-2-22-14(21)12(19-6-5-18-7-19)13(20)8-3-4-9(15)11(17)10(8)16/h3-7,12-13,20H,2H2,1H3. The van der Waals surface area contributed by atoms with Crippen LogP contribution in [0.3, 0.4) is 0 Å². The Kier molecular flexibility index (Phi) is 6.19. The number of benzene rings is 1. The molecular weight excluding hydrogens is 484 g/mol. The molecular formula is C14H13Br3N2O3. The summed E-state index contributed by atoms with van der Waals surface area (Å²) < 4.78 is 8.88. The molecule has 1 heterocycles. The van der Waals surface area contributed by atoms with Gasteiger partial charge in [-0.2, -0.15) is 0 Å². The smallest absolute Gasteiger partial charge is 0.332 e. The van der Waals surface area contributed by atoms with Crippen molar-refractivity contribution in [2.24, 2.45) is 0 Å². The topological polar surface area (TPSA) is 64.3 Å². The quantitative estimate of drug-likeness (QED) is 0.502. The Morgan fingerprint density at radius 3 is 2.68 bits per heavy atom. The fourth-order valence-electron chi connectivity index (χ4n) is 2.01. The minimum atomic E-state index is -1.09. The maximum Gasteiger partial charge on any atom is 0.332 e. The maximum atomic E-state index is 12.3. The van der Waals surface area contributed by atoms with Crippen molar-refractivity contribution in [3.8, 4) is 0 Å². The normalized spacial score (nSPS) is 13.7. The van der Waals surface area contributed by atoms with Crippen molar-refractivity contribution in [3.05, 3.63) is 49.8 Å². The molecule has 118 valence electrons. The first kappa shape index (κ1) is 17.7. The summed E-state index contributed by atoms with van der Waals surface area (Å²) in [5, 5.41) is 10.7. The second-order valence-corrected chi connectivity index (χ2v) is 6.86. The number of aromatic nitrogens is 2. The molecule has 0 aliphatic carbocycles. The van der Waals surface area contributed by atoms with E-state index in [0.29, 0.717) is 10.0 Å². The molecule has 1 aromatic carbocycles. The Morgan fingerprint density at radius 2 is 2.09 bits per heavy atom. The molecule has 2 unspecified atom stereocenters. The third-order valence-electron chi connectivity index (χ3n) is 3.06. The first-order valence-corrected chi connectivity index (χ1v) is 8.80. The van der Waals surface area contributed by atoms with Crippen molar-refractivity contribution in [1.82, 2.24) is 9.55 Å². The molecule has 0 aliphatic heterocycles. The van der Waals surface area contributed by atoms with Gasteiger partial charge in [0.2, 0.25) is 0 Å². The van der Waals surface area contributed by atoms with Crippen molar-refractivity contribution < 1.29 is 14.6 Å². The number of carbonyl (C=O) groups is 1. The molecule has 0 spiro atoms. The zero-order chi connectivity index (χ0) is 16.3. The van der Waals surface area contributed by atoms with E-state index in [1.807, 2.05) is 0 Å². The lowest BCUT2D eigenvalue weighted by atomic mass is 10.0. The van der Waals surface area contributed by atoms with Crippen LogP contribution in [0.4, 0.5) is 0 Å². The summed E-state index contributed by atoms with van der Waals surface area (Å²) in [7, 11) is 0. The van der Waals surface area contributed by atoms with E-state index >= 15 is 0 Å². The minimum absolute atomic E-state index is 0.238. The van der Waals surface area contributed by atoms with Gasteiger partial charge < -0.3 is 14.4 Å². The summed E-state index contributed by atoms with van der Waals surface area (Å²) in [6.45, 7) is 1.96. The number of imidazole rings is 1. The van der Waals surface area contributed by atoms with Crippen molar-refractivity contribution in [1.29, 1.82) is 0 Å². The number of hydrogen-bond donors (Lipinski definition) is 1. The number of nitrogens with zero attached hydrogens (tertiary/aromatic N) is 2. The fourth-order valence-corrected chi connectivity index (χ4v) is 3.55. The molecule has 8 heteroatoms. The first-order chi connectivity index (χ1) is 10.5. The summed E-state index contributed by atoms with van der Waals surface area (Å²) in [5.74, 6) is -0.515. The molecule has 0 saturated carbocycles. The highest BCUT2D eigenvalue weighted by atomic mass is 79.9. The lowest BCUT2D eigenvalue weighted by molar-refractivity contribution is -0.151. The van der Waals surface area contributed by atoms with Crippen LogP contribution in [-0.4, -0.2) is 27.2 Å². The molecule has 1 aromatic heterocycles. The van der Waals surface area contributed by atoms with E-state index in [9.17, 15) is 9.90 Å². The molecule has 0 fully saturated rings. The Bertz CT molecular complexity index is 662. The molecule has 22 heavy (non-hydrogen) atoms. The number of aliphatic hydroxyl groups is 1. The number of carbonyl (C=O) groups excluding carboxylic acids is 1. The molecule has 2 atom stereocenters. The van der Waals surface area contributed by atoms with Gasteiger partial charge in [0.15, 0.2) is 6.04 Å². The average Bonchev–Trinajstić information content (AvgIpc) is 2.99. The predicted octanol–water partition coefficient (Wildman–Crippen LogP) is 4.01. The second kappa shape index (κ2) is 7.72.